The minimum atomic E-state index is -0.562. The molecule has 0 unspecified atom stereocenters. The number of rotatable bonds is 4. The molecule has 0 saturated heterocycles. The average Bonchev–Trinajstić information content (AvgIpc) is 2.29. The molecule has 0 aromatic heterocycles. The fourth-order valence-electron chi connectivity index (χ4n) is 1.90. The van der Waals surface area contributed by atoms with E-state index in [4.69, 9.17) is 5.73 Å². The smallest absolute Gasteiger partial charge is 0.256 e. The first-order valence-electron chi connectivity index (χ1n) is 5.83. The number of hydrogen-bond donors (Lipinski definition) is 1. The van der Waals surface area contributed by atoms with Crippen molar-refractivity contribution in [2.24, 2.45) is 0 Å². The number of nitrogens with zero attached hydrogens (tertiary/aromatic N) is 1. The summed E-state index contributed by atoms with van der Waals surface area (Å²) < 4.78 is 13.6. The fourth-order valence-corrected chi connectivity index (χ4v) is 1.90. The van der Waals surface area contributed by atoms with E-state index in [1.54, 1.807) is 11.9 Å². The molecule has 0 aliphatic heterocycles. The summed E-state index contributed by atoms with van der Waals surface area (Å²) in [5.41, 5.74) is 5.85. The number of nitrogen functional groups attached to an aromatic ring is 1. The Morgan fingerprint density at radius 2 is 2.00 bits per heavy atom. The third-order valence-electron chi connectivity index (χ3n) is 3.03. The van der Waals surface area contributed by atoms with E-state index in [1.165, 1.54) is 18.2 Å². The lowest BCUT2D eigenvalue weighted by Crippen LogP contribution is -2.36. The van der Waals surface area contributed by atoms with Crippen LogP contribution in [0.2, 0.25) is 0 Å². The van der Waals surface area contributed by atoms with Crippen LogP contribution in [0.5, 0.6) is 0 Å². The number of halogens is 1. The van der Waals surface area contributed by atoms with Gasteiger partial charge in [0, 0.05) is 18.8 Å². The second kappa shape index (κ2) is 5.66. The first-order chi connectivity index (χ1) is 8.01. The number of nitrogens with two attached hydrogens (primary N) is 1. The minimum Gasteiger partial charge on any atom is -0.399 e. The van der Waals surface area contributed by atoms with E-state index >= 15 is 0 Å². The van der Waals surface area contributed by atoms with Crippen LogP contribution in [0.1, 0.15) is 37.0 Å². The van der Waals surface area contributed by atoms with Crippen LogP contribution in [0.4, 0.5) is 10.1 Å². The summed E-state index contributed by atoms with van der Waals surface area (Å²) in [6.45, 7) is 4.02. The van der Waals surface area contributed by atoms with Crippen molar-refractivity contribution in [2.45, 2.75) is 32.7 Å². The predicted octanol–water partition coefficient (Wildman–Crippen LogP) is 2.67. The van der Waals surface area contributed by atoms with E-state index in [1.807, 2.05) is 13.8 Å². The van der Waals surface area contributed by atoms with Gasteiger partial charge in [-0.25, -0.2) is 4.39 Å². The fraction of sp³-hybridized carbons (Fsp3) is 0.462. The Hall–Kier alpha value is -1.58. The van der Waals surface area contributed by atoms with E-state index < -0.39 is 5.82 Å². The molecule has 0 saturated carbocycles. The van der Waals surface area contributed by atoms with E-state index in [0.717, 1.165) is 12.8 Å². The SMILES string of the molecule is CCC(CC)N(C)C(=O)c1ccc(N)cc1F. The van der Waals surface area contributed by atoms with Gasteiger partial charge in [-0.3, -0.25) is 4.79 Å². The molecule has 0 aliphatic rings. The number of carbonyl (C=O) groups excluding carboxylic acids is 1. The molecule has 2 N–H and O–H groups in total. The van der Waals surface area contributed by atoms with Gasteiger partial charge in [-0.1, -0.05) is 13.8 Å². The van der Waals surface area contributed by atoms with Gasteiger partial charge in [0.05, 0.1) is 5.56 Å². The van der Waals surface area contributed by atoms with E-state index in [0.29, 0.717) is 5.69 Å². The highest BCUT2D eigenvalue weighted by Gasteiger charge is 2.20. The van der Waals surface area contributed by atoms with Crippen LogP contribution in [0.15, 0.2) is 18.2 Å². The van der Waals surface area contributed by atoms with Crippen LogP contribution < -0.4 is 5.73 Å². The molecule has 1 amide bonds. The van der Waals surface area contributed by atoms with Gasteiger partial charge in [0.2, 0.25) is 0 Å². The number of benzene rings is 1. The maximum absolute atomic E-state index is 13.6. The summed E-state index contributed by atoms with van der Waals surface area (Å²) in [5.74, 6) is -0.857. The van der Waals surface area contributed by atoms with Gasteiger partial charge >= 0.3 is 0 Å². The number of amides is 1. The highest BCUT2D eigenvalue weighted by molar-refractivity contribution is 5.94. The standard InChI is InChI=1S/C13H19FN2O/c1-4-10(5-2)16(3)13(17)11-7-6-9(15)8-12(11)14/h6-8,10H,4-5,15H2,1-3H3. The molecule has 0 atom stereocenters. The van der Waals surface area contributed by atoms with Crippen molar-refractivity contribution >= 4 is 11.6 Å². The summed E-state index contributed by atoms with van der Waals surface area (Å²) in [7, 11) is 1.70. The quantitative estimate of drug-likeness (QED) is 0.820. The molecule has 0 bridgehead atoms. The van der Waals surface area contributed by atoms with Crippen LogP contribution >= 0.6 is 0 Å². The first kappa shape index (κ1) is 13.5. The zero-order valence-electron chi connectivity index (χ0n) is 10.5. The molecule has 0 fully saturated rings. The van der Waals surface area contributed by atoms with Crippen LogP contribution in [0.3, 0.4) is 0 Å². The maximum atomic E-state index is 13.6. The monoisotopic (exact) mass is 238 g/mol. The van der Waals surface area contributed by atoms with Gasteiger partial charge in [0.1, 0.15) is 5.82 Å². The van der Waals surface area contributed by atoms with Crippen LogP contribution in [0, 0.1) is 5.82 Å². The zero-order chi connectivity index (χ0) is 13.0. The Morgan fingerprint density at radius 1 is 1.41 bits per heavy atom. The largest absolute Gasteiger partial charge is 0.399 e. The molecule has 1 rings (SSSR count). The minimum absolute atomic E-state index is 0.0774. The molecule has 0 spiro atoms. The second-order valence-corrected chi connectivity index (χ2v) is 4.13. The van der Waals surface area contributed by atoms with Gasteiger partial charge in [-0.2, -0.15) is 0 Å². The van der Waals surface area contributed by atoms with Crippen molar-refractivity contribution < 1.29 is 9.18 Å². The lowest BCUT2D eigenvalue weighted by molar-refractivity contribution is 0.0719. The van der Waals surface area contributed by atoms with Crippen molar-refractivity contribution in [3.05, 3.63) is 29.6 Å². The Morgan fingerprint density at radius 3 is 2.47 bits per heavy atom. The van der Waals surface area contributed by atoms with Crippen LogP contribution in [0.25, 0.3) is 0 Å². The van der Waals surface area contributed by atoms with Gasteiger partial charge in [0.25, 0.3) is 5.91 Å². The molecule has 0 heterocycles. The van der Waals surface area contributed by atoms with Gasteiger partial charge in [0.15, 0.2) is 0 Å². The van der Waals surface area contributed by atoms with Crippen molar-refractivity contribution in [2.75, 3.05) is 12.8 Å². The average molecular weight is 238 g/mol. The van der Waals surface area contributed by atoms with Crippen molar-refractivity contribution in [1.82, 2.24) is 4.90 Å². The van der Waals surface area contributed by atoms with Crippen LogP contribution in [-0.2, 0) is 0 Å². The summed E-state index contributed by atoms with van der Waals surface area (Å²) in [5, 5.41) is 0. The van der Waals surface area contributed by atoms with Gasteiger partial charge < -0.3 is 10.6 Å². The van der Waals surface area contributed by atoms with E-state index in [2.05, 4.69) is 0 Å². The van der Waals surface area contributed by atoms with Crippen molar-refractivity contribution in [1.29, 1.82) is 0 Å². The summed E-state index contributed by atoms with van der Waals surface area (Å²) in [4.78, 5) is 13.7. The highest BCUT2D eigenvalue weighted by atomic mass is 19.1. The van der Waals surface area contributed by atoms with Gasteiger partial charge in [-0.05, 0) is 31.0 Å². The molecule has 4 heteroatoms. The van der Waals surface area contributed by atoms with E-state index in [9.17, 15) is 9.18 Å². The molecule has 3 nitrogen and oxygen atoms in total. The number of carbonyl (C=O) groups is 1. The van der Waals surface area contributed by atoms with Gasteiger partial charge in [-0.15, -0.1) is 0 Å². The molecule has 1 aromatic carbocycles. The first-order valence-corrected chi connectivity index (χ1v) is 5.83. The zero-order valence-corrected chi connectivity index (χ0v) is 10.5. The lowest BCUT2D eigenvalue weighted by atomic mass is 10.1. The molecular formula is C13H19FN2O. The van der Waals surface area contributed by atoms with Crippen molar-refractivity contribution in [3.8, 4) is 0 Å². The molecule has 17 heavy (non-hydrogen) atoms. The normalized spacial score (nSPS) is 10.6. The Kier molecular flexibility index (Phi) is 4.49. The third-order valence-corrected chi connectivity index (χ3v) is 3.03. The molecule has 94 valence electrons. The lowest BCUT2D eigenvalue weighted by Gasteiger charge is -2.26. The summed E-state index contributed by atoms with van der Waals surface area (Å²) >= 11 is 0. The third kappa shape index (κ3) is 2.96. The molecule has 0 radical (unpaired) electrons. The number of hydrogen-bond acceptors (Lipinski definition) is 2. The number of anilines is 1. The van der Waals surface area contributed by atoms with Crippen LogP contribution in [-0.4, -0.2) is 23.9 Å². The van der Waals surface area contributed by atoms with Crippen molar-refractivity contribution in [3.63, 3.8) is 0 Å². The maximum Gasteiger partial charge on any atom is 0.256 e. The van der Waals surface area contributed by atoms with E-state index in [-0.39, 0.29) is 17.5 Å². The highest BCUT2D eigenvalue weighted by Crippen LogP contribution is 2.16. The molecule has 0 aliphatic carbocycles. The topological polar surface area (TPSA) is 46.3 Å². The summed E-state index contributed by atoms with van der Waals surface area (Å²) in [6, 6.07) is 4.29. The Bertz CT molecular complexity index is 402. The predicted molar refractivity (Wildman–Crippen MR) is 67.3 cm³/mol. The Labute approximate surface area is 101 Å². The second-order valence-electron chi connectivity index (χ2n) is 4.13. The molecular weight excluding hydrogens is 219 g/mol. The Balaban J connectivity index is 2.96. The summed E-state index contributed by atoms with van der Waals surface area (Å²) in [6.07, 6.45) is 1.71. The molecule has 1 aromatic rings.